The number of guanidine groups is 1. The number of hydrogen-bond acceptors (Lipinski definition) is 4. The maximum Gasteiger partial charge on any atom is 0.253 e. The fraction of sp³-hybridized carbons (Fsp3) is 0.619. The summed E-state index contributed by atoms with van der Waals surface area (Å²) in [6.45, 7) is 7.24. The zero-order valence-electron chi connectivity index (χ0n) is 17.7. The van der Waals surface area contributed by atoms with E-state index in [0.29, 0.717) is 18.2 Å². The van der Waals surface area contributed by atoms with E-state index in [-0.39, 0.29) is 5.91 Å². The van der Waals surface area contributed by atoms with Crippen molar-refractivity contribution < 1.29 is 9.53 Å². The molecule has 1 fully saturated rings. The number of benzene rings is 1. The van der Waals surface area contributed by atoms with Gasteiger partial charge in [-0.2, -0.15) is 0 Å². The number of methoxy groups -OCH3 is 1. The molecule has 1 heterocycles. The standard InChI is InChI=1S/C21H35N5O2/c1-5-22-21(24-16-19-7-6-12-26(19)13-14-28-4)23-15-17-8-10-18(11-9-17)20(27)25(2)3/h8-11,19H,5-7,12-16H2,1-4H3,(H2,22,23,24). The highest BCUT2D eigenvalue weighted by Crippen LogP contribution is 2.15. The maximum absolute atomic E-state index is 12.0. The van der Waals surface area contributed by atoms with Crippen molar-refractivity contribution in [3.8, 4) is 0 Å². The van der Waals surface area contributed by atoms with Gasteiger partial charge in [0.2, 0.25) is 0 Å². The van der Waals surface area contributed by atoms with Crippen LogP contribution in [0.25, 0.3) is 0 Å². The molecule has 2 N–H and O–H groups in total. The van der Waals surface area contributed by atoms with Crippen molar-refractivity contribution in [2.24, 2.45) is 4.99 Å². The van der Waals surface area contributed by atoms with Crippen LogP contribution in [-0.2, 0) is 11.3 Å². The maximum atomic E-state index is 12.0. The minimum Gasteiger partial charge on any atom is -0.383 e. The Balaban J connectivity index is 1.90. The molecule has 1 aromatic rings. The molecule has 7 heteroatoms. The molecule has 7 nitrogen and oxygen atoms in total. The lowest BCUT2D eigenvalue weighted by atomic mass is 10.1. The molecular formula is C21H35N5O2. The number of nitrogens with one attached hydrogen (secondary N) is 2. The number of rotatable bonds is 9. The van der Waals surface area contributed by atoms with Crippen LogP contribution >= 0.6 is 0 Å². The molecule has 1 atom stereocenters. The quantitative estimate of drug-likeness (QED) is 0.495. The van der Waals surface area contributed by atoms with E-state index in [1.807, 2.05) is 24.3 Å². The van der Waals surface area contributed by atoms with Crippen LogP contribution in [0.3, 0.4) is 0 Å². The van der Waals surface area contributed by atoms with Crippen LogP contribution in [0.4, 0.5) is 0 Å². The number of carbonyl (C=O) groups excluding carboxylic acids is 1. The summed E-state index contributed by atoms with van der Waals surface area (Å²) in [6, 6.07) is 8.18. The van der Waals surface area contributed by atoms with Crippen molar-refractivity contribution in [1.82, 2.24) is 20.4 Å². The average molecular weight is 390 g/mol. The Bertz CT molecular complexity index is 630. The summed E-state index contributed by atoms with van der Waals surface area (Å²) in [5.41, 5.74) is 1.77. The van der Waals surface area contributed by atoms with E-state index in [2.05, 4.69) is 22.5 Å². The van der Waals surface area contributed by atoms with Crippen molar-refractivity contribution in [2.45, 2.75) is 32.4 Å². The van der Waals surface area contributed by atoms with Gasteiger partial charge in [-0.15, -0.1) is 0 Å². The zero-order valence-corrected chi connectivity index (χ0v) is 17.7. The summed E-state index contributed by atoms with van der Waals surface area (Å²) in [6.07, 6.45) is 2.44. The normalized spacial score (nSPS) is 17.6. The summed E-state index contributed by atoms with van der Waals surface area (Å²) in [7, 11) is 5.27. The third-order valence-corrected chi connectivity index (χ3v) is 4.96. The lowest BCUT2D eigenvalue weighted by Gasteiger charge is -2.25. The van der Waals surface area contributed by atoms with Gasteiger partial charge >= 0.3 is 0 Å². The molecule has 1 aliphatic rings. The number of ether oxygens (including phenoxy) is 1. The Morgan fingerprint density at radius 2 is 2.04 bits per heavy atom. The summed E-state index contributed by atoms with van der Waals surface area (Å²) in [5, 5.41) is 6.79. The molecule has 0 aliphatic carbocycles. The molecule has 0 radical (unpaired) electrons. The van der Waals surface area contributed by atoms with Gasteiger partial charge in [-0.05, 0) is 44.0 Å². The number of carbonyl (C=O) groups is 1. The minimum atomic E-state index is 0.0136. The van der Waals surface area contributed by atoms with Gasteiger partial charge in [-0.1, -0.05) is 12.1 Å². The lowest BCUT2D eigenvalue weighted by Crippen LogP contribution is -2.45. The molecule has 0 saturated carbocycles. The van der Waals surface area contributed by atoms with Crippen LogP contribution in [0.1, 0.15) is 35.7 Å². The molecule has 1 aliphatic heterocycles. The van der Waals surface area contributed by atoms with Crippen LogP contribution < -0.4 is 10.6 Å². The Labute approximate surface area is 169 Å². The number of hydrogen-bond donors (Lipinski definition) is 2. The fourth-order valence-corrected chi connectivity index (χ4v) is 3.37. The van der Waals surface area contributed by atoms with E-state index in [4.69, 9.17) is 9.73 Å². The molecular weight excluding hydrogens is 354 g/mol. The van der Waals surface area contributed by atoms with E-state index in [1.165, 1.54) is 12.8 Å². The molecule has 1 aromatic carbocycles. The first-order valence-electron chi connectivity index (χ1n) is 10.1. The van der Waals surface area contributed by atoms with Crippen molar-refractivity contribution in [3.05, 3.63) is 35.4 Å². The number of amides is 1. The molecule has 1 amide bonds. The van der Waals surface area contributed by atoms with Gasteiger partial charge in [0.25, 0.3) is 5.91 Å². The second kappa shape index (κ2) is 11.7. The zero-order chi connectivity index (χ0) is 20.4. The lowest BCUT2D eigenvalue weighted by molar-refractivity contribution is 0.0827. The SMILES string of the molecule is CCNC(=NCc1ccc(C(=O)N(C)C)cc1)NCC1CCCN1CCOC. The molecule has 28 heavy (non-hydrogen) atoms. The number of likely N-dealkylation sites (tertiary alicyclic amines) is 1. The van der Waals surface area contributed by atoms with E-state index in [9.17, 15) is 4.79 Å². The van der Waals surface area contributed by atoms with E-state index >= 15 is 0 Å². The van der Waals surface area contributed by atoms with Crippen molar-refractivity contribution >= 4 is 11.9 Å². The molecule has 1 saturated heterocycles. The first-order chi connectivity index (χ1) is 13.5. The summed E-state index contributed by atoms with van der Waals surface area (Å²) < 4.78 is 5.22. The number of nitrogens with zero attached hydrogens (tertiary/aromatic N) is 3. The predicted octanol–water partition coefficient (Wildman–Crippen LogP) is 1.55. The minimum absolute atomic E-state index is 0.0136. The first kappa shape index (κ1) is 22.2. The molecule has 1 unspecified atom stereocenters. The summed E-state index contributed by atoms with van der Waals surface area (Å²) in [5.74, 6) is 0.842. The van der Waals surface area contributed by atoms with Crippen LogP contribution in [0.5, 0.6) is 0 Å². The Kier molecular flexibility index (Phi) is 9.23. The van der Waals surface area contributed by atoms with E-state index in [0.717, 1.165) is 44.3 Å². The molecule has 0 aromatic heterocycles. The van der Waals surface area contributed by atoms with Gasteiger partial charge in [0.05, 0.1) is 13.2 Å². The average Bonchev–Trinajstić information content (AvgIpc) is 3.15. The van der Waals surface area contributed by atoms with E-state index < -0.39 is 0 Å². The molecule has 0 spiro atoms. The fourth-order valence-electron chi connectivity index (χ4n) is 3.37. The molecule has 0 bridgehead atoms. The summed E-state index contributed by atoms with van der Waals surface area (Å²) in [4.78, 5) is 20.7. The van der Waals surface area contributed by atoms with Gasteiger partial charge in [-0.3, -0.25) is 9.69 Å². The highest BCUT2D eigenvalue weighted by molar-refractivity contribution is 5.93. The largest absolute Gasteiger partial charge is 0.383 e. The van der Waals surface area contributed by atoms with Crippen molar-refractivity contribution in [3.63, 3.8) is 0 Å². The monoisotopic (exact) mass is 389 g/mol. The van der Waals surface area contributed by atoms with Crippen molar-refractivity contribution in [1.29, 1.82) is 0 Å². The van der Waals surface area contributed by atoms with Gasteiger partial charge in [0.1, 0.15) is 0 Å². The van der Waals surface area contributed by atoms with Crippen LogP contribution in [0.15, 0.2) is 29.3 Å². The highest BCUT2D eigenvalue weighted by Gasteiger charge is 2.23. The van der Waals surface area contributed by atoms with Gasteiger partial charge in [0.15, 0.2) is 5.96 Å². The Hall–Kier alpha value is -2.12. The predicted molar refractivity (Wildman–Crippen MR) is 114 cm³/mol. The smallest absolute Gasteiger partial charge is 0.253 e. The van der Waals surface area contributed by atoms with Gasteiger partial charge < -0.3 is 20.3 Å². The highest BCUT2D eigenvalue weighted by atomic mass is 16.5. The van der Waals surface area contributed by atoms with Crippen LogP contribution in [0.2, 0.25) is 0 Å². The van der Waals surface area contributed by atoms with Crippen LogP contribution in [-0.4, -0.2) is 81.7 Å². The molecule has 2 rings (SSSR count). The topological polar surface area (TPSA) is 69.2 Å². The van der Waals surface area contributed by atoms with Gasteiger partial charge in [0, 0.05) is 52.4 Å². The number of aliphatic imine (C=N–C) groups is 1. The summed E-state index contributed by atoms with van der Waals surface area (Å²) >= 11 is 0. The van der Waals surface area contributed by atoms with Crippen molar-refractivity contribution in [2.75, 3.05) is 54.0 Å². The third-order valence-electron chi connectivity index (χ3n) is 4.96. The van der Waals surface area contributed by atoms with Crippen LogP contribution in [0, 0.1) is 0 Å². The Morgan fingerprint density at radius 3 is 2.68 bits per heavy atom. The molecule has 156 valence electrons. The first-order valence-corrected chi connectivity index (χ1v) is 10.1. The second-order valence-corrected chi connectivity index (χ2v) is 7.30. The third kappa shape index (κ3) is 6.80. The Morgan fingerprint density at radius 1 is 1.29 bits per heavy atom. The second-order valence-electron chi connectivity index (χ2n) is 7.30. The van der Waals surface area contributed by atoms with E-state index in [1.54, 1.807) is 26.1 Å². The van der Waals surface area contributed by atoms with Gasteiger partial charge in [-0.25, -0.2) is 4.99 Å².